The lowest BCUT2D eigenvalue weighted by molar-refractivity contribution is 0.610. The third kappa shape index (κ3) is 1.46. The smallest absolute Gasteiger partial charge is 0.294 e. The van der Waals surface area contributed by atoms with E-state index < -0.39 is 0 Å². The number of H-pyrrole nitrogens is 2. The van der Waals surface area contributed by atoms with E-state index >= 15 is 0 Å². The minimum atomic E-state index is -0.307. The summed E-state index contributed by atoms with van der Waals surface area (Å²) in [5.74, 6) is 0.426. The van der Waals surface area contributed by atoms with Crippen LogP contribution in [0, 0.1) is 0 Å². The average Bonchev–Trinajstić information content (AvgIpc) is 3.06. The van der Waals surface area contributed by atoms with Gasteiger partial charge in [-0.1, -0.05) is 0 Å². The number of pyridine rings is 1. The van der Waals surface area contributed by atoms with Crippen LogP contribution in [-0.4, -0.2) is 19.9 Å². The van der Waals surface area contributed by atoms with Gasteiger partial charge in [0.2, 0.25) is 5.58 Å². The van der Waals surface area contributed by atoms with Crippen molar-refractivity contribution in [3.8, 4) is 11.5 Å². The molecule has 4 heterocycles. The summed E-state index contributed by atoms with van der Waals surface area (Å²) in [6, 6.07) is 7.33. The van der Waals surface area contributed by atoms with Crippen molar-refractivity contribution < 1.29 is 4.42 Å². The Kier molecular flexibility index (Phi) is 1.88. The van der Waals surface area contributed by atoms with E-state index in [1.165, 1.54) is 6.26 Å². The number of nitrogens with zero attached hydrogens (tertiary/aromatic N) is 2. The van der Waals surface area contributed by atoms with Crippen molar-refractivity contribution in [3.63, 3.8) is 0 Å². The van der Waals surface area contributed by atoms with Gasteiger partial charge in [-0.15, -0.1) is 0 Å². The molecule has 4 aromatic rings. The fourth-order valence-electron chi connectivity index (χ4n) is 2.06. The fraction of sp³-hybridized carbons (Fsp3) is 0. The van der Waals surface area contributed by atoms with Crippen molar-refractivity contribution >= 4 is 22.1 Å². The van der Waals surface area contributed by atoms with Gasteiger partial charge in [0, 0.05) is 17.6 Å². The molecule has 0 aliphatic heterocycles. The van der Waals surface area contributed by atoms with Crippen LogP contribution < -0.4 is 5.56 Å². The van der Waals surface area contributed by atoms with Gasteiger partial charge >= 0.3 is 0 Å². The molecule has 6 nitrogen and oxygen atoms in total. The number of nitrogens with one attached hydrogen (secondary N) is 2. The molecule has 6 heteroatoms. The van der Waals surface area contributed by atoms with E-state index in [0.717, 1.165) is 11.0 Å². The average molecular weight is 252 g/mol. The molecule has 0 atom stereocenters. The number of hydrogen-bond donors (Lipinski definition) is 2. The molecule has 0 unspecified atom stereocenters. The summed E-state index contributed by atoms with van der Waals surface area (Å²) < 4.78 is 5.06. The summed E-state index contributed by atoms with van der Waals surface area (Å²) in [4.78, 5) is 26.3. The number of aromatic amines is 2. The number of hydrogen-bond acceptors (Lipinski definition) is 4. The number of fused-ring (bicyclic) bond motifs is 2. The maximum Gasteiger partial charge on any atom is 0.294 e. The first kappa shape index (κ1) is 10.1. The third-order valence-electron chi connectivity index (χ3n) is 2.97. The second-order valence-corrected chi connectivity index (χ2v) is 4.16. The first-order chi connectivity index (χ1) is 9.31. The van der Waals surface area contributed by atoms with Crippen molar-refractivity contribution in [2.24, 2.45) is 0 Å². The van der Waals surface area contributed by atoms with Crippen molar-refractivity contribution in [1.82, 2.24) is 19.9 Å². The first-order valence-electron chi connectivity index (χ1n) is 5.73. The van der Waals surface area contributed by atoms with Gasteiger partial charge < -0.3 is 14.4 Å². The lowest BCUT2D eigenvalue weighted by Gasteiger charge is -2.00. The summed E-state index contributed by atoms with van der Waals surface area (Å²) >= 11 is 0. The number of furan rings is 1. The summed E-state index contributed by atoms with van der Waals surface area (Å²) in [6.45, 7) is 0. The quantitative estimate of drug-likeness (QED) is 0.542. The van der Waals surface area contributed by atoms with Gasteiger partial charge in [0.25, 0.3) is 5.56 Å². The van der Waals surface area contributed by atoms with E-state index in [1.807, 2.05) is 24.4 Å². The molecule has 0 radical (unpaired) electrons. The molecular formula is C13H8N4O2. The van der Waals surface area contributed by atoms with E-state index in [4.69, 9.17) is 4.42 Å². The van der Waals surface area contributed by atoms with Crippen molar-refractivity contribution in [3.05, 3.63) is 47.1 Å². The van der Waals surface area contributed by atoms with E-state index in [0.29, 0.717) is 17.0 Å². The van der Waals surface area contributed by atoms with E-state index in [2.05, 4.69) is 19.9 Å². The Balaban J connectivity index is 1.99. The van der Waals surface area contributed by atoms with Crippen LogP contribution in [0.3, 0.4) is 0 Å². The van der Waals surface area contributed by atoms with E-state index in [-0.39, 0.29) is 11.1 Å². The highest BCUT2D eigenvalue weighted by Gasteiger charge is 2.09. The molecule has 0 saturated heterocycles. The molecular weight excluding hydrogens is 244 g/mol. The predicted molar refractivity (Wildman–Crippen MR) is 69.7 cm³/mol. The second-order valence-electron chi connectivity index (χ2n) is 4.16. The van der Waals surface area contributed by atoms with Gasteiger partial charge in [0.1, 0.15) is 16.9 Å². The Morgan fingerprint density at radius 3 is 3.00 bits per heavy atom. The van der Waals surface area contributed by atoms with Gasteiger partial charge in [-0.2, -0.15) is 0 Å². The summed E-state index contributed by atoms with van der Waals surface area (Å²) in [5.41, 5.74) is 1.80. The lowest BCUT2D eigenvalue weighted by atomic mass is 10.3. The summed E-state index contributed by atoms with van der Waals surface area (Å²) in [6.07, 6.45) is 3.26. The van der Waals surface area contributed by atoms with Crippen LogP contribution in [0.4, 0.5) is 0 Å². The molecule has 0 aromatic carbocycles. The maximum atomic E-state index is 11.8. The van der Waals surface area contributed by atoms with Gasteiger partial charge in [-0.05, 0) is 18.2 Å². The molecule has 0 aliphatic rings. The highest BCUT2D eigenvalue weighted by molar-refractivity contribution is 5.79. The van der Waals surface area contributed by atoms with E-state index in [9.17, 15) is 4.79 Å². The molecule has 0 amide bonds. The first-order valence-corrected chi connectivity index (χ1v) is 5.73. The number of aromatic nitrogens is 4. The zero-order valence-corrected chi connectivity index (χ0v) is 9.68. The Morgan fingerprint density at radius 1 is 1.11 bits per heavy atom. The summed E-state index contributed by atoms with van der Waals surface area (Å²) in [5, 5.41) is 1.01. The standard InChI is InChI=1S/C13H8N4O2/c18-13-10-8(4-6-19-10)15-12(17-13)9-2-1-7-3-5-14-11(7)16-9/h1-6H,(H,14,16)(H,15,17,18). The molecule has 0 saturated carbocycles. The van der Waals surface area contributed by atoms with Crippen molar-refractivity contribution in [1.29, 1.82) is 0 Å². The third-order valence-corrected chi connectivity index (χ3v) is 2.97. The minimum Gasteiger partial charge on any atom is -0.457 e. The van der Waals surface area contributed by atoms with Gasteiger partial charge in [0.05, 0.1) is 6.26 Å². The van der Waals surface area contributed by atoms with Gasteiger partial charge in [0.15, 0.2) is 5.82 Å². The zero-order chi connectivity index (χ0) is 12.8. The Hall–Kier alpha value is -2.89. The minimum absolute atomic E-state index is 0.227. The van der Waals surface area contributed by atoms with Crippen LogP contribution in [0.1, 0.15) is 0 Å². The van der Waals surface area contributed by atoms with Crippen molar-refractivity contribution in [2.75, 3.05) is 0 Å². The lowest BCUT2D eigenvalue weighted by Crippen LogP contribution is -2.08. The van der Waals surface area contributed by atoms with Crippen LogP contribution >= 0.6 is 0 Å². The molecule has 0 bridgehead atoms. The largest absolute Gasteiger partial charge is 0.457 e. The number of rotatable bonds is 1. The van der Waals surface area contributed by atoms with Crippen LogP contribution in [-0.2, 0) is 0 Å². The zero-order valence-electron chi connectivity index (χ0n) is 9.68. The van der Waals surface area contributed by atoms with Crippen LogP contribution in [0.15, 0.2) is 45.9 Å². The highest BCUT2D eigenvalue weighted by atomic mass is 16.3. The Labute approximate surface area is 106 Å². The molecule has 4 rings (SSSR count). The predicted octanol–water partition coefficient (Wildman–Crippen LogP) is 2.06. The fourth-order valence-corrected chi connectivity index (χ4v) is 2.06. The summed E-state index contributed by atoms with van der Waals surface area (Å²) in [7, 11) is 0. The molecule has 0 aliphatic carbocycles. The van der Waals surface area contributed by atoms with Crippen molar-refractivity contribution in [2.45, 2.75) is 0 Å². The van der Waals surface area contributed by atoms with Crippen LogP contribution in [0.25, 0.3) is 33.7 Å². The van der Waals surface area contributed by atoms with Crippen LogP contribution in [0.5, 0.6) is 0 Å². The molecule has 19 heavy (non-hydrogen) atoms. The van der Waals surface area contributed by atoms with Crippen LogP contribution in [0.2, 0.25) is 0 Å². The van der Waals surface area contributed by atoms with Gasteiger partial charge in [-0.3, -0.25) is 4.79 Å². The van der Waals surface area contributed by atoms with E-state index in [1.54, 1.807) is 6.07 Å². The Morgan fingerprint density at radius 2 is 2.05 bits per heavy atom. The highest BCUT2D eigenvalue weighted by Crippen LogP contribution is 2.18. The second kappa shape index (κ2) is 3.55. The molecule has 0 spiro atoms. The molecule has 0 fully saturated rings. The molecule has 92 valence electrons. The molecule has 2 N–H and O–H groups in total. The topological polar surface area (TPSA) is 87.6 Å². The Bertz CT molecular complexity index is 948. The molecule has 4 aromatic heterocycles. The SMILES string of the molecule is O=c1[nH]c(-c2ccc3cc[nH]c3n2)nc2ccoc12. The normalized spacial score (nSPS) is 11.4. The monoisotopic (exact) mass is 252 g/mol. The maximum absolute atomic E-state index is 11.8. The van der Waals surface area contributed by atoms with Gasteiger partial charge in [-0.25, -0.2) is 9.97 Å².